The highest BCUT2D eigenvalue weighted by atomic mass is 19.3. The van der Waals surface area contributed by atoms with Gasteiger partial charge in [0.25, 0.3) is 18.2 Å². The molecule has 0 bridgehead atoms. The lowest BCUT2D eigenvalue weighted by molar-refractivity contribution is -0.128. The zero-order valence-corrected chi connectivity index (χ0v) is 15.1. The minimum Gasteiger partial charge on any atom is -0.370 e. The largest absolute Gasteiger partial charge is 0.370 e. The van der Waals surface area contributed by atoms with E-state index in [-0.39, 0.29) is 30.8 Å². The highest BCUT2D eigenvalue weighted by molar-refractivity contribution is 6.10. The molecule has 1 saturated heterocycles. The van der Waals surface area contributed by atoms with Gasteiger partial charge in [-0.3, -0.25) is 19.7 Å². The van der Waals surface area contributed by atoms with E-state index < -0.39 is 29.8 Å². The molecule has 4 N–H and O–H groups in total. The standard InChI is InChI=1S/C18H22F2N4O4/c19-16(20)12-8-11(24-6-7-28-9-14(24)25)4-5-13(12)23-18(27)15(17(21)26)22-10-2-1-3-10/h4-5,8,10,15-16,22H,1-3,6-7,9H2,(H2,21,26)(H,23,27)/t15-/m1/s1. The fourth-order valence-electron chi connectivity index (χ4n) is 3.11. The van der Waals surface area contributed by atoms with E-state index >= 15 is 0 Å². The molecule has 1 saturated carbocycles. The number of morpholine rings is 1. The Kier molecular flexibility index (Phi) is 6.20. The van der Waals surface area contributed by atoms with Gasteiger partial charge in [-0.1, -0.05) is 6.42 Å². The fraction of sp³-hybridized carbons (Fsp3) is 0.500. The number of carbonyl (C=O) groups is 3. The average Bonchev–Trinajstić information content (AvgIpc) is 2.61. The Morgan fingerprint density at radius 3 is 2.61 bits per heavy atom. The molecule has 3 rings (SSSR count). The van der Waals surface area contributed by atoms with Crippen LogP contribution < -0.4 is 21.3 Å². The van der Waals surface area contributed by atoms with Gasteiger partial charge in [-0.2, -0.15) is 0 Å². The zero-order chi connectivity index (χ0) is 20.3. The van der Waals surface area contributed by atoms with Gasteiger partial charge in [0.05, 0.1) is 6.61 Å². The number of nitrogens with zero attached hydrogens (tertiary/aromatic N) is 1. The average molecular weight is 396 g/mol. The summed E-state index contributed by atoms with van der Waals surface area (Å²) in [6.45, 7) is 0.444. The second-order valence-corrected chi connectivity index (χ2v) is 6.79. The van der Waals surface area contributed by atoms with Crippen molar-refractivity contribution in [3.8, 4) is 0 Å². The summed E-state index contributed by atoms with van der Waals surface area (Å²) < 4.78 is 32.2. The van der Waals surface area contributed by atoms with Crippen LogP contribution in [0.15, 0.2) is 18.2 Å². The molecule has 152 valence electrons. The Labute approximate surface area is 160 Å². The first-order chi connectivity index (χ1) is 13.4. The van der Waals surface area contributed by atoms with Crippen LogP contribution in [0, 0.1) is 0 Å². The number of alkyl halides is 2. The third kappa shape index (κ3) is 4.45. The van der Waals surface area contributed by atoms with Crippen LogP contribution in [-0.4, -0.2) is 49.6 Å². The topological polar surface area (TPSA) is 114 Å². The monoisotopic (exact) mass is 396 g/mol. The molecule has 2 fully saturated rings. The lowest BCUT2D eigenvalue weighted by Crippen LogP contribution is -2.54. The minimum absolute atomic E-state index is 0.00697. The summed E-state index contributed by atoms with van der Waals surface area (Å²) >= 11 is 0. The third-order valence-corrected chi connectivity index (χ3v) is 4.88. The van der Waals surface area contributed by atoms with Crippen LogP contribution in [0.5, 0.6) is 0 Å². The van der Waals surface area contributed by atoms with E-state index in [4.69, 9.17) is 10.5 Å². The molecule has 1 aromatic carbocycles. The van der Waals surface area contributed by atoms with Gasteiger partial charge in [-0.15, -0.1) is 0 Å². The van der Waals surface area contributed by atoms with Crippen LogP contribution in [0.3, 0.4) is 0 Å². The van der Waals surface area contributed by atoms with E-state index in [0.29, 0.717) is 12.3 Å². The SMILES string of the molecule is NC(=O)[C@@H](NC1CCC1)C(=O)Nc1ccc(N2CCOCC2=O)cc1C(F)F. The first-order valence-corrected chi connectivity index (χ1v) is 9.03. The van der Waals surface area contributed by atoms with Crippen molar-refractivity contribution in [2.45, 2.75) is 37.8 Å². The summed E-state index contributed by atoms with van der Waals surface area (Å²) in [5, 5.41) is 5.21. The Morgan fingerprint density at radius 2 is 2.04 bits per heavy atom. The zero-order valence-electron chi connectivity index (χ0n) is 15.1. The number of hydrogen-bond acceptors (Lipinski definition) is 5. The predicted molar refractivity (Wildman–Crippen MR) is 97.0 cm³/mol. The smallest absolute Gasteiger partial charge is 0.265 e. The first kappa shape index (κ1) is 20.2. The Hall–Kier alpha value is -2.59. The summed E-state index contributed by atoms with van der Waals surface area (Å²) in [4.78, 5) is 37.3. The van der Waals surface area contributed by atoms with Crippen molar-refractivity contribution in [1.29, 1.82) is 0 Å². The van der Waals surface area contributed by atoms with Crippen molar-refractivity contribution in [3.63, 3.8) is 0 Å². The maximum absolute atomic E-state index is 13.6. The van der Waals surface area contributed by atoms with Crippen LogP contribution in [0.25, 0.3) is 0 Å². The van der Waals surface area contributed by atoms with E-state index in [0.717, 1.165) is 25.3 Å². The molecule has 0 spiro atoms. The van der Waals surface area contributed by atoms with Crippen LogP contribution in [0.4, 0.5) is 20.2 Å². The van der Waals surface area contributed by atoms with Gasteiger partial charge in [0.15, 0.2) is 6.04 Å². The van der Waals surface area contributed by atoms with Gasteiger partial charge in [-0.25, -0.2) is 8.78 Å². The minimum atomic E-state index is -2.89. The highest BCUT2D eigenvalue weighted by Crippen LogP contribution is 2.32. The summed E-state index contributed by atoms with van der Waals surface area (Å²) in [7, 11) is 0. The molecule has 1 aliphatic heterocycles. The van der Waals surface area contributed by atoms with E-state index in [1.54, 1.807) is 0 Å². The highest BCUT2D eigenvalue weighted by Gasteiger charge is 2.31. The molecule has 10 heteroatoms. The van der Waals surface area contributed by atoms with Crippen LogP contribution >= 0.6 is 0 Å². The Bertz CT molecular complexity index is 770. The van der Waals surface area contributed by atoms with Crippen molar-refractivity contribution in [2.24, 2.45) is 5.73 Å². The Balaban J connectivity index is 1.79. The molecule has 0 radical (unpaired) electrons. The lowest BCUT2D eigenvalue weighted by Gasteiger charge is -2.30. The molecule has 3 amide bonds. The van der Waals surface area contributed by atoms with Crippen molar-refractivity contribution in [2.75, 3.05) is 30.0 Å². The van der Waals surface area contributed by atoms with Crippen molar-refractivity contribution < 1.29 is 27.9 Å². The maximum atomic E-state index is 13.6. The number of anilines is 2. The number of amides is 3. The van der Waals surface area contributed by atoms with Crippen molar-refractivity contribution >= 4 is 29.1 Å². The summed E-state index contributed by atoms with van der Waals surface area (Å²) in [6.07, 6.45) is -0.261. The molecule has 0 unspecified atom stereocenters. The normalized spacial score (nSPS) is 18.7. The molecule has 28 heavy (non-hydrogen) atoms. The molecular weight excluding hydrogens is 374 g/mol. The van der Waals surface area contributed by atoms with Gasteiger partial charge in [0.1, 0.15) is 6.61 Å². The van der Waals surface area contributed by atoms with E-state index in [2.05, 4.69) is 10.6 Å². The summed E-state index contributed by atoms with van der Waals surface area (Å²) in [6, 6.07) is 2.61. The number of rotatable bonds is 7. The molecule has 1 aliphatic carbocycles. The number of ether oxygens (including phenoxy) is 1. The third-order valence-electron chi connectivity index (χ3n) is 4.88. The summed E-state index contributed by atoms with van der Waals surface area (Å²) in [5.41, 5.74) is 5.00. The van der Waals surface area contributed by atoms with Crippen molar-refractivity contribution in [1.82, 2.24) is 5.32 Å². The van der Waals surface area contributed by atoms with E-state index in [9.17, 15) is 23.2 Å². The molecule has 2 aliphatic rings. The second kappa shape index (κ2) is 8.61. The fourth-order valence-corrected chi connectivity index (χ4v) is 3.11. The molecule has 1 aromatic rings. The van der Waals surface area contributed by atoms with E-state index in [1.807, 2.05) is 0 Å². The molecule has 0 aromatic heterocycles. The van der Waals surface area contributed by atoms with Crippen LogP contribution in [0.1, 0.15) is 31.3 Å². The summed E-state index contributed by atoms with van der Waals surface area (Å²) in [5.74, 6) is -2.00. The second-order valence-electron chi connectivity index (χ2n) is 6.79. The molecular formula is C18H22F2N4O4. The van der Waals surface area contributed by atoms with Gasteiger partial charge >= 0.3 is 0 Å². The molecule has 1 atom stereocenters. The number of benzene rings is 1. The number of primary amides is 1. The van der Waals surface area contributed by atoms with Crippen molar-refractivity contribution in [3.05, 3.63) is 23.8 Å². The van der Waals surface area contributed by atoms with Crippen LogP contribution in [0.2, 0.25) is 0 Å². The number of hydrogen-bond donors (Lipinski definition) is 3. The van der Waals surface area contributed by atoms with Crippen LogP contribution in [-0.2, 0) is 19.1 Å². The predicted octanol–water partition coefficient (Wildman–Crippen LogP) is 0.922. The lowest BCUT2D eigenvalue weighted by atomic mass is 9.92. The quantitative estimate of drug-likeness (QED) is 0.593. The number of carbonyl (C=O) groups excluding carboxylic acids is 3. The van der Waals surface area contributed by atoms with E-state index in [1.165, 1.54) is 17.0 Å². The van der Waals surface area contributed by atoms with Gasteiger partial charge < -0.3 is 20.7 Å². The Morgan fingerprint density at radius 1 is 1.29 bits per heavy atom. The number of halogens is 2. The number of nitrogens with one attached hydrogen (secondary N) is 2. The van der Waals surface area contributed by atoms with Gasteiger partial charge in [0, 0.05) is 29.5 Å². The maximum Gasteiger partial charge on any atom is 0.265 e. The molecule has 8 nitrogen and oxygen atoms in total. The first-order valence-electron chi connectivity index (χ1n) is 9.03. The van der Waals surface area contributed by atoms with Gasteiger partial charge in [0.2, 0.25) is 5.91 Å². The number of nitrogens with two attached hydrogens (primary N) is 1. The molecule has 1 heterocycles. The van der Waals surface area contributed by atoms with Gasteiger partial charge in [-0.05, 0) is 31.0 Å².